The van der Waals surface area contributed by atoms with Gasteiger partial charge < -0.3 is 4.57 Å². The van der Waals surface area contributed by atoms with Gasteiger partial charge in [0.25, 0.3) is 0 Å². The van der Waals surface area contributed by atoms with Gasteiger partial charge in [-0.1, -0.05) is 6.42 Å². The highest BCUT2D eigenvalue weighted by Crippen LogP contribution is 2.20. The summed E-state index contributed by atoms with van der Waals surface area (Å²) in [6.07, 6.45) is 8.96. The van der Waals surface area contributed by atoms with Gasteiger partial charge in [-0.25, -0.2) is 0 Å². The summed E-state index contributed by atoms with van der Waals surface area (Å²) in [5.74, 6) is 0. The zero-order chi connectivity index (χ0) is 7.68. The van der Waals surface area contributed by atoms with E-state index in [1.165, 1.54) is 32.1 Å². The van der Waals surface area contributed by atoms with Crippen LogP contribution >= 0.6 is 0 Å². The van der Waals surface area contributed by atoms with Gasteiger partial charge in [-0.2, -0.15) is 0 Å². The van der Waals surface area contributed by atoms with E-state index in [4.69, 9.17) is 0 Å². The summed E-state index contributed by atoms with van der Waals surface area (Å²) in [6.45, 7) is 0. The average molecular weight is 149 g/mol. The molecule has 0 amide bonds. The molecule has 0 saturated heterocycles. The van der Waals surface area contributed by atoms with Crippen LogP contribution in [0.25, 0.3) is 0 Å². The third kappa shape index (κ3) is 1.20. The van der Waals surface area contributed by atoms with E-state index in [1.807, 2.05) is 0 Å². The number of rotatable bonds is 0. The van der Waals surface area contributed by atoms with Crippen LogP contribution in [0.3, 0.4) is 0 Å². The van der Waals surface area contributed by atoms with Crippen LogP contribution in [-0.4, -0.2) is 4.57 Å². The van der Waals surface area contributed by atoms with Gasteiger partial charge in [-0.15, -0.1) is 0 Å². The van der Waals surface area contributed by atoms with E-state index in [0.717, 1.165) is 0 Å². The Labute approximate surface area is 68.0 Å². The van der Waals surface area contributed by atoms with Crippen LogP contribution in [0.15, 0.2) is 12.3 Å². The Kier molecular flexibility index (Phi) is 1.72. The molecule has 1 aliphatic carbocycles. The van der Waals surface area contributed by atoms with Crippen LogP contribution in [0.1, 0.15) is 30.5 Å². The molecule has 0 unspecified atom stereocenters. The highest BCUT2D eigenvalue weighted by Gasteiger charge is 2.09. The number of fused-ring (bicyclic) bond motifs is 1. The number of nitrogens with zero attached hydrogens (tertiary/aromatic N) is 1. The van der Waals surface area contributed by atoms with Crippen molar-refractivity contribution in [3.8, 4) is 0 Å². The van der Waals surface area contributed by atoms with E-state index in [1.54, 1.807) is 11.3 Å². The SMILES string of the molecule is Cn1ccc2c1CCCCC2. The first-order valence-electron chi connectivity index (χ1n) is 4.51. The van der Waals surface area contributed by atoms with Crippen molar-refractivity contribution in [1.82, 2.24) is 4.57 Å². The minimum absolute atomic E-state index is 1.29. The van der Waals surface area contributed by atoms with E-state index in [-0.39, 0.29) is 0 Å². The van der Waals surface area contributed by atoms with Crippen molar-refractivity contribution in [1.29, 1.82) is 0 Å². The highest BCUT2D eigenvalue weighted by atomic mass is 14.9. The lowest BCUT2D eigenvalue weighted by Gasteiger charge is -2.01. The van der Waals surface area contributed by atoms with Gasteiger partial charge in [0, 0.05) is 18.9 Å². The number of hydrogen-bond donors (Lipinski definition) is 0. The molecule has 1 heteroatoms. The second-order valence-electron chi connectivity index (χ2n) is 3.46. The Morgan fingerprint density at radius 1 is 1.18 bits per heavy atom. The van der Waals surface area contributed by atoms with Gasteiger partial charge in [0.05, 0.1) is 0 Å². The van der Waals surface area contributed by atoms with Crippen LogP contribution in [-0.2, 0) is 19.9 Å². The molecule has 0 atom stereocenters. The zero-order valence-electron chi connectivity index (χ0n) is 7.14. The van der Waals surface area contributed by atoms with E-state index in [2.05, 4.69) is 23.9 Å². The van der Waals surface area contributed by atoms with Gasteiger partial charge in [0.1, 0.15) is 0 Å². The van der Waals surface area contributed by atoms with Crippen LogP contribution < -0.4 is 0 Å². The summed E-state index contributed by atoms with van der Waals surface area (Å²) < 4.78 is 2.28. The van der Waals surface area contributed by atoms with Gasteiger partial charge in [0.2, 0.25) is 0 Å². The summed E-state index contributed by atoms with van der Waals surface area (Å²) in [5.41, 5.74) is 3.16. The number of aromatic nitrogens is 1. The molecule has 0 aliphatic heterocycles. The van der Waals surface area contributed by atoms with Crippen LogP contribution in [0.5, 0.6) is 0 Å². The fourth-order valence-corrected chi connectivity index (χ4v) is 1.96. The largest absolute Gasteiger partial charge is 0.354 e. The molecule has 0 fully saturated rings. The Hall–Kier alpha value is -0.720. The maximum Gasteiger partial charge on any atom is 0.0203 e. The molecule has 1 nitrogen and oxygen atoms in total. The number of aryl methyl sites for hydroxylation is 2. The van der Waals surface area contributed by atoms with Crippen LogP contribution in [0.4, 0.5) is 0 Å². The Morgan fingerprint density at radius 3 is 2.91 bits per heavy atom. The lowest BCUT2D eigenvalue weighted by atomic mass is 10.1. The van der Waals surface area contributed by atoms with Crippen molar-refractivity contribution in [3.63, 3.8) is 0 Å². The van der Waals surface area contributed by atoms with Crippen LogP contribution in [0.2, 0.25) is 0 Å². The van der Waals surface area contributed by atoms with Gasteiger partial charge in [0.15, 0.2) is 0 Å². The second-order valence-corrected chi connectivity index (χ2v) is 3.46. The van der Waals surface area contributed by atoms with Gasteiger partial charge in [-0.05, 0) is 37.3 Å². The molecule has 2 rings (SSSR count). The first kappa shape index (κ1) is 6.96. The Bertz CT molecular complexity index is 247. The van der Waals surface area contributed by atoms with Crippen molar-refractivity contribution in [2.24, 2.45) is 7.05 Å². The van der Waals surface area contributed by atoms with Crippen molar-refractivity contribution in [3.05, 3.63) is 23.5 Å². The van der Waals surface area contributed by atoms with E-state index in [0.29, 0.717) is 0 Å². The maximum atomic E-state index is 2.28. The first-order chi connectivity index (χ1) is 5.38. The standard InChI is InChI=1S/C10H15N/c1-11-8-7-9-5-3-2-4-6-10(9)11/h7-8H,2-6H2,1H3. The minimum Gasteiger partial charge on any atom is -0.354 e. The maximum absolute atomic E-state index is 2.28. The molecule has 0 radical (unpaired) electrons. The fourth-order valence-electron chi connectivity index (χ4n) is 1.96. The predicted molar refractivity (Wildman–Crippen MR) is 46.7 cm³/mol. The normalized spacial score (nSPS) is 17.5. The molecule has 60 valence electrons. The Balaban J connectivity index is 2.35. The molecule has 0 bridgehead atoms. The molecule has 0 aromatic carbocycles. The monoisotopic (exact) mass is 149 g/mol. The summed E-state index contributed by atoms with van der Waals surface area (Å²) in [4.78, 5) is 0. The highest BCUT2D eigenvalue weighted by molar-refractivity contribution is 5.23. The van der Waals surface area contributed by atoms with E-state index < -0.39 is 0 Å². The molecule has 1 aromatic rings. The molecule has 0 spiro atoms. The van der Waals surface area contributed by atoms with Crippen molar-refractivity contribution in [2.75, 3.05) is 0 Å². The summed E-state index contributed by atoms with van der Waals surface area (Å²) in [7, 11) is 2.16. The molecule has 1 heterocycles. The Morgan fingerprint density at radius 2 is 2.00 bits per heavy atom. The lowest BCUT2D eigenvalue weighted by Crippen LogP contribution is -1.95. The van der Waals surface area contributed by atoms with Crippen LogP contribution in [0, 0.1) is 0 Å². The average Bonchev–Trinajstić information content (AvgIpc) is 2.25. The van der Waals surface area contributed by atoms with E-state index in [9.17, 15) is 0 Å². The van der Waals surface area contributed by atoms with E-state index >= 15 is 0 Å². The third-order valence-corrected chi connectivity index (χ3v) is 2.66. The van der Waals surface area contributed by atoms with Gasteiger partial charge >= 0.3 is 0 Å². The molecule has 0 N–H and O–H groups in total. The number of hydrogen-bond acceptors (Lipinski definition) is 0. The predicted octanol–water partition coefficient (Wildman–Crippen LogP) is 2.29. The van der Waals surface area contributed by atoms with Crippen molar-refractivity contribution < 1.29 is 0 Å². The zero-order valence-corrected chi connectivity index (χ0v) is 7.14. The minimum atomic E-state index is 1.29. The van der Waals surface area contributed by atoms with Gasteiger partial charge in [-0.3, -0.25) is 0 Å². The molecule has 11 heavy (non-hydrogen) atoms. The summed E-state index contributed by atoms with van der Waals surface area (Å²) in [5, 5.41) is 0. The van der Waals surface area contributed by atoms with Crippen molar-refractivity contribution in [2.45, 2.75) is 32.1 Å². The molecule has 1 aromatic heterocycles. The van der Waals surface area contributed by atoms with Crippen molar-refractivity contribution >= 4 is 0 Å². The fraction of sp³-hybridized carbons (Fsp3) is 0.600. The smallest absolute Gasteiger partial charge is 0.0203 e. The quantitative estimate of drug-likeness (QED) is 0.499. The lowest BCUT2D eigenvalue weighted by molar-refractivity contribution is 0.694. The molecular formula is C10H15N. The molecule has 1 aliphatic rings. The third-order valence-electron chi connectivity index (χ3n) is 2.66. The topological polar surface area (TPSA) is 4.93 Å². The molecular weight excluding hydrogens is 134 g/mol. The summed E-state index contributed by atoms with van der Waals surface area (Å²) >= 11 is 0. The molecule has 0 saturated carbocycles. The second kappa shape index (κ2) is 2.72. The first-order valence-corrected chi connectivity index (χ1v) is 4.51. The summed E-state index contributed by atoms with van der Waals surface area (Å²) in [6, 6.07) is 2.28.